The molecule has 0 spiro atoms. The van der Waals surface area contributed by atoms with E-state index in [-0.39, 0.29) is 23.7 Å². The van der Waals surface area contributed by atoms with Crippen LogP contribution in [-0.2, 0) is 16.1 Å². The van der Waals surface area contributed by atoms with Crippen molar-refractivity contribution in [2.75, 3.05) is 31.1 Å². The second kappa shape index (κ2) is 7.52. The monoisotopic (exact) mass is 353 g/mol. The number of hydrogen-bond acceptors (Lipinski definition) is 3. The number of nitrogens with one attached hydrogen (secondary N) is 1. The van der Waals surface area contributed by atoms with Crippen LogP contribution in [0.15, 0.2) is 36.4 Å². The van der Waals surface area contributed by atoms with Crippen molar-refractivity contribution in [1.29, 1.82) is 0 Å². The molecule has 0 aromatic heterocycles. The molecule has 0 bridgehead atoms. The molecule has 1 aromatic carbocycles. The highest BCUT2D eigenvalue weighted by Gasteiger charge is 2.36. The van der Waals surface area contributed by atoms with Crippen LogP contribution in [0.1, 0.15) is 31.2 Å². The fourth-order valence-corrected chi connectivity index (χ4v) is 3.87. The Balaban J connectivity index is 1.30. The van der Waals surface area contributed by atoms with Crippen LogP contribution in [0.2, 0.25) is 0 Å². The quantitative estimate of drug-likeness (QED) is 0.827. The van der Waals surface area contributed by atoms with Crippen molar-refractivity contribution in [2.24, 2.45) is 11.8 Å². The van der Waals surface area contributed by atoms with Gasteiger partial charge in [-0.25, -0.2) is 0 Å². The second-order valence-corrected chi connectivity index (χ2v) is 7.66. The van der Waals surface area contributed by atoms with Gasteiger partial charge in [-0.15, -0.1) is 0 Å². The first-order valence-electron chi connectivity index (χ1n) is 9.76. The number of hydrogen-bond donors (Lipinski definition) is 1. The summed E-state index contributed by atoms with van der Waals surface area (Å²) < 4.78 is 0. The lowest BCUT2D eigenvalue weighted by Crippen LogP contribution is -2.45. The van der Waals surface area contributed by atoms with Crippen molar-refractivity contribution >= 4 is 17.5 Å². The zero-order chi connectivity index (χ0) is 17.9. The van der Waals surface area contributed by atoms with Gasteiger partial charge in [0.2, 0.25) is 11.8 Å². The van der Waals surface area contributed by atoms with Gasteiger partial charge in [0.15, 0.2) is 0 Å². The molecule has 2 aliphatic heterocycles. The molecule has 1 saturated heterocycles. The Kier molecular flexibility index (Phi) is 4.96. The van der Waals surface area contributed by atoms with Crippen LogP contribution in [-0.4, -0.2) is 42.9 Å². The maximum Gasteiger partial charge on any atom is 0.225 e. The average molecular weight is 353 g/mol. The highest BCUT2D eigenvalue weighted by Crippen LogP contribution is 2.32. The summed E-state index contributed by atoms with van der Waals surface area (Å²) in [6.07, 6.45) is 8.19. The largest absolute Gasteiger partial charge is 0.364 e. The van der Waals surface area contributed by atoms with Crippen LogP contribution in [0.3, 0.4) is 0 Å². The molecule has 3 aliphatic rings. The van der Waals surface area contributed by atoms with E-state index in [0.717, 1.165) is 50.9 Å². The van der Waals surface area contributed by atoms with Crippen LogP contribution >= 0.6 is 0 Å². The molecule has 1 unspecified atom stereocenters. The lowest BCUT2D eigenvalue weighted by atomic mass is 9.96. The van der Waals surface area contributed by atoms with Gasteiger partial charge in [0.25, 0.3) is 0 Å². The number of carbonyl (C=O) groups is 2. The van der Waals surface area contributed by atoms with Gasteiger partial charge in [0.1, 0.15) is 0 Å². The highest BCUT2D eigenvalue weighted by molar-refractivity contribution is 5.83. The standard InChI is InChI=1S/C21H27N3O2/c25-20(18-6-4-12-24(15-18)21(26)17-8-9-17)22-14-16-5-3-7-19(13-16)23-10-1-2-11-23/h1-3,5,7,13,17-18H,4,6,8-12,14-15H2,(H,22,25). The summed E-state index contributed by atoms with van der Waals surface area (Å²) >= 11 is 0. The number of nitrogens with zero attached hydrogens (tertiary/aromatic N) is 2. The Hall–Kier alpha value is -2.30. The molecule has 26 heavy (non-hydrogen) atoms. The van der Waals surface area contributed by atoms with E-state index in [1.54, 1.807) is 0 Å². The Morgan fingerprint density at radius 1 is 1.08 bits per heavy atom. The molecule has 5 nitrogen and oxygen atoms in total. The number of piperidine rings is 1. The van der Waals surface area contributed by atoms with E-state index in [4.69, 9.17) is 0 Å². The van der Waals surface area contributed by atoms with Crippen LogP contribution in [0, 0.1) is 11.8 Å². The number of rotatable bonds is 5. The third-order valence-corrected chi connectivity index (χ3v) is 5.59. The fraction of sp³-hybridized carbons (Fsp3) is 0.524. The van der Waals surface area contributed by atoms with E-state index in [0.29, 0.717) is 13.1 Å². The molecule has 2 fully saturated rings. The first kappa shape index (κ1) is 17.1. The SMILES string of the molecule is O=C(NCc1cccc(N2CC=CC2)c1)C1CCCN(C(=O)C2CC2)C1. The molecule has 1 aliphatic carbocycles. The molecular formula is C21H27N3O2. The van der Waals surface area contributed by atoms with Gasteiger partial charge in [-0.1, -0.05) is 24.3 Å². The molecule has 0 radical (unpaired) electrons. The molecule has 4 rings (SSSR count). The second-order valence-electron chi connectivity index (χ2n) is 7.66. The van der Waals surface area contributed by atoms with Crippen molar-refractivity contribution in [3.8, 4) is 0 Å². The molecule has 138 valence electrons. The van der Waals surface area contributed by atoms with Crippen molar-refractivity contribution in [1.82, 2.24) is 10.2 Å². The van der Waals surface area contributed by atoms with Gasteiger partial charge in [-0.05, 0) is 43.4 Å². The number of likely N-dealkylation sites (tertiary alicyclic amines) is 1. The highest BCUT2D eigenvalue weighted by atomic mass is 16.2. The number of anilines is 1. The minimum atomic E-state index is -0.0718. The third-order valence-electron chi connectivity index (χ3n) is 5.59. The Morgan fingerprint density at radius 2 is 1.88 bits per heavy atom. The maximum atomic E-state index is 12.6. The zero-order valence-corrected chi connectivity index (χ0v) is 15.2. The van der Waals surface area contributed by atoms with E-state index < -0.39 is 0 Å². The minimum Gasteiger partial charge on any atom is -0.364 e. The first-order chi connectivity index (χ1) is 12.7. The number of amides is 2. The summed E-state index contributed by atoms with van der Waals surface area (Å²) in [6, 6.07) is 8.36. The van der Waals surface area contributed by atoms with Gasteiger partial charge in [0, 0.05) is 44.3 Å². The van der Waals surface area contributed by atoms with Crippen molar-refractivity contribution in [2.45, 2.75) is 32.2 Å². The predicted octanol–water partition coefficient (Wildman–Crippen LogP) is 2.33. The summed E-state index contributed by atoms with van der Waals surface area (Å²) in [7, 11) is 0. The molecular weight excluding hydrogens is 326 g/mol. The van der Waals surface area contributed by atoms with Gasteiger partial charge in [-0.2, -0.15) is 0 Å². The summed E-state index contributed by atoms with van der Waals surface area (Å²) in [5, 5.41) is 3.08. The van der Waals surface area contributed by atoms with Crippen LogP contribution in [0.25, 0.3) is 0 Å². The smallest absolute Gasteiger partial charge is 0.225 e. The van der Waals surface area contributed by atoms with E-state index >= 15 is 0 Å². The van der Waals surface area contributed by atoms with Crippen molar-refractivity contribution in [3.05, 3.63) is 42.0 Å². The number of benzene rings is 1. The molecule has 1 saturated carbocycles. The van der Waals surface area contributed by atoms with Gasteiger partial charge < -0.3 is 15.1 Å². The average Bonchev–Trinajstić information content (AvgIpc) is 3.39. The van der Waals surface area contributed by atoms with E-state index in [2.05, 4.69) is 40.6 Å². The van der Waals surface area contributed by atoms with Crippen LogP contribution in [0.4, 0.5) is 5.69 Å². The van der Waals surface area contributed by atoms with Gasteiger partial charge >= 0.3 is 0 Å². The fourth-order valence-electron chi connectivity index (χ4n) is 3.87. The Morgan fingerprint density at radius 3 is 2.65 bits per heavy atom. The summed E-state index contributed by atoms with van der Waals surface area (Å²) in [4.78, 5) is 29.1. The lowest BCUT2D eigenvalue weighted by Gasteiger charge is -2.32. The minimum absolute atomic E-state index is 0.0718. The topological polar surface area (TPSA) is 52.7 Å². The first-order valence-corrected chi connectivity index (χ1v) is 9.76. The molecule has 1 N–H and O–H groups in total. The van der Waals surface area contributed by atoms with Gasteiger partial charge in [-0.3, -0.25) is 9.59 Å². The van der Waals surface area contributed by atoms with Gasteiger partial charge in [0.05, 0.1) is 5.92 Å². The summed E-state index contributed by atoms with van der Waals surface area (Å²) in [6.45, 7) is 3.83. The zero-order valence-electron chi connectivity index (χ0n) is 15.2. The molecule has 5 heteroatoms. The third kappa shape index (κ3) is 3.92. The van der Waals surface area contributed by atoms with E-state index in [9.17, 15) is 9.59 Å². The predicted molar refractivity (Wildman–Crippen MR) is 102 cm³/mol. The molecule has 2 amide bonds. The summed E-state index contributed by atoms with van der Waals surface area (Å²) in [5.74, 6) is 0.498. The van der Waals surface area contributed by atoms with Crippen molar-refractivity contribution < 1.29 is 9.59 Å². The maximum absolute atomic E-state index is 12.6. The Bertz CT molecular complexity index is 703. The van der Waals surface area contributed by atoms with Crippen molar-refractivity contribution in [3.63, 3.8) is 0 Å². The molecule has 2 heterocycles. The number of carbonyl (C=O) groups excluding carboxylic acids is 2. The van der Waals surface area contributed by atoms with Crippen LogP contribution in [0.5, 0.6) is 0 Å². The summed E-state index contributed by atoms with van der Waals surface area (Å²) in [5.41, 5.74) is 2.31. The van der Waals surface area contributed by atoms with Crippen LogP contribution < -0.4 is 10.2 Å². The molecule has 1 atom stereocenters. The van der Waals surface area contributed by atoms with E-state index in [1.807, 2.05) is 11.0 Å². The molecule has 1 aromatic rings. The van der Waals surface area contributed by atoms with E-state index in [1.165, 1.54) is 5.69 Å². The Labute approximate surface area is 155 Å². The normalized spacial score (nSPS) is 22.5. The lowest BCUT2D eigenvalue weighted by molar-refractivity contribution is -0.136.